The maximum atomic E-state index is 3.78. The molecule has 1 aliphatic heterocycles. The van der Waals surface area contributed by atoms with Gasteiger partial charge in [-0.3, -0.25) is 0 Å². The van der Waals surface area contributed by atoms with E-state index in [1.807, 2.05) is 0 Å². The first kappa shape index (κ1) is 13.4. The van der Waals surface area contributed by atoms with Crippen molar-refractivity contribution in [1.82, 2.24) is 5.32 Å². The molecule has 1 heterocycles. The Morgan fingerprint density at radius 1 is 1.33 bits per heavy atom. The van der Waals surface area contributed by atoms with Gasteiger partial charge in [-0.15, -0.1) is 0 Å². The minimum Gasteiger partial charge on any atom is -0.310 e. The molecule has 3 atom stereocenters. The molecule has 0 aromatic carbocycles. The third-order valence-electron chi connectivity index (χ3n) is 3.37. The van der Waals surface area contributed by atoms with E-state index >= 15 is 0 Å². The molecule has 1 N–H and O–H groups in total. The van der Waals surface area contributed by atoms with Gasteiger partial charge in [-0.05, 0) is 25.5 Å². The van der Waals surface area contributed by atoms with Crippen LogP contribution in [0.1, 0.15) is 59.3 Å². The van der Waals surface area contributed by atoms with Gasteiger partial charge in [0, 0.05) is 17.3 Å². The summed E-state index contributed by atoms with van der Waals surface area (Å²) in [6, 6.07) is 1.49. The van der Waals surface area contributed by atoms with Crippen LogP contribution in [0, 0.1) is 0 Å². The first-order valence-corrected chi connectivity index (χ1v) is 7.66. The lowest BCUT2D eigenvalue weighted by atomic mass is 10.1. The monoisotopic (exact) mass is 229 g/mol. The number of unbranched alkanes of at least 4 members (excludes halogenated alkanes) is 3. The molecule has 1 aliphatic rings. The van der Waals surface area contributed by atoms with E-state index in [9.17, 15) is 0 Å². The number of hydrogen-bond donors (Lipinski definition) is 1. The fraction of sp³-hybridized carbons (Fsp3) is 1.00. The Bertz CT molecular complexity index is 161. The van der Waals surface area contributed by atoms with Gasteiger partial charge in [0.15, 0.2) is 0 Å². The molecule has 0 bridgehead atoms. The van der Waals surface area contributed by atoms with E-state index < -0.39 is 0 Å². The first-order chi connectivity index (χ1) is 7.24. The molecular formula is C13H27NS. The van der Waals surface area contributed by atoms with Crippen LogP contribution in [0.4, 0.5) is 0 Å². The highest BCUT2D eigenvalue weighted by atomic mass is 32.2. The van der Waals surface area contributed by atoms with E-state index in [1.165, 1.54) is 44.3 Å². The zero-order chi connectivity index (χ0) is 11.1. The van der Waals surface area contributed by atoms with Gasteiger partial charge in [0.25, 0.3) is 0 Å². The standard InChI is InChI=1S/C13H27NS/c1-4-5-6-7-8-11(2)14-13-9-10-15-12(13)3/h11-14H,4-10H2,1-3H3. The molecule has 0 radical (unpaired) electrons. The van der Waals surface area contributed by atoms with Gasteiger partial charge >= 0.3 is 0 Å². The third-order valence-corrected chi connectivity index (χ3v) is 4.69. The summed E-state index contributed by atoms with van der Waals surface area (Å²) in [6.07, 6.45) is 8.28. The van der Waals surface area contributed by atoms with E-state index in [-0.39, 0.29) is 0 Å². The highest BCUT2D eigenvalue weighted by Gasteiger charge is 2.24. The summed E-state index contributed by atoms with van der Waals surface area (Å²) in [5.74, 6) is 1.35. The summed E-state index contributed by atoms with van der Waals surface area (Å²) in [4.78, 5) is 0. The topological polar surface area (TPSA) is 12.0 Å². The Kier molecular flexibility index (Phi) is 6.74. The molecular weight excluding hydrogens is 202 g/mol. The van der Waals surface area contributed by atoms with E-state index in [2.05, 4.69) is 37.8 Å². The third kappa shape index (κ3) is 5.26. The van der Waals surface area contributed by atoms with Gasteiger partial charge < -0.3 is 5.32 Å². The predicted molar refractivity (Wildman–Crippen MR) is 71.7 cm³/mol. The molecule has 0 aliphatic carbocycles. The quantitative estimate of drug-likeness (QED) is 0.666. The van der Waals surface area contributed by atoms with E-state index in [0.29, 0.717) is 6.04 Å². The van der Waals surface area contributed by atoms with Crippen molar-refractivity contribution in [2.75, 3.05) is 5.75 Å². The Balaban J connectivity index is 2.04. The first-order valence-electron chi connectivity index (χ1n) is 6.61. The molecule has 90 valence electrons. The molecule has 15 heavy (non-hydrogen) atoms. The van der Waals surface area contributed by atoms with E-state index in [1.54, 1.807) is 0 Å². The number of thioether (sulfide) groups is 1. The summed E-state index contributed by atoms with van der Waals surface area (Å²) >= 11 is 2.12. The molecule has 0 amide bonds. The van der Waals surface area contributed by atoms with Crippen LogP contribution in [0.2, 0.25) is 0 Å². The van der Waals surface area contributed by atoms with Crippen molar-refractivity contribution in [2.45, 2.75) is 76.6 Å². The lowest BCUT2D eigenvalue weighted by molar-refractivity contribution is 0.413. The lowest BCUT2D eigenvalue weighted by Gasteiger charge is -2.22. The van der Waals surface area contributed by atoms with Crippen LogP contribution in [0.15, 0.2) is 0 Å². The van der Waals surface area contributed by atoms with Crippen LogP contribution < -0.4 is 5.32 Å². The second kappa shape index (κ2) is 7.56. The zero-order valence-electron chi connectivity index (χ0n) is 10.6. The minimum absolute atomic E-state index is 0.716. The van der Waals surface area contributed by atoms with Crippen molar-refractivity contribution in [3.8, 4) is 0 Å². The smallest absolute Gasteiger partial charge is 0.0194 e. The van der Waals surface area contributed by atoms with Crippen molar-refractivity contribution >= 4 is 11.8 Å². The zero-order valence-corrected chi connectivity index (χ0v) is 11.4. The Hall–Kier alpha value is 0.310. The van der Waals surface area contributed by atoms with Gasteiger partial charge in [0.1, 0.15) is 0 Å². The average molecular weight is 229 g/mol. The highest BCUT2D eigenvalue weighted by molar-refractivity contribution is 8.00. The van der Waals surface area contributed by atoms with Crippen molar-refractivity contribution < 1.29 is 0 Å². The second-order valence-corrected chi connectivity index (χ2v) is 6.37. The van der Waals surface area contributed by atoms with Crippen LogP contribution >= 0.6 is 11.8 Å². The number of rotatable bonds is 7. The van der Waals surface area contributed by atoms with Crippen LogP contribution in [0.3, 0.4) is 0 Å². The van der Waals surface area contributed by atoms with Crippen molar-refractivity contribution in [2.24, 2.45) is 0 Å². The highest BCUT2D eigenvalue weighted by Crippen LogP contribution is 2.26. The number of nitrogens with one attached hydrogen (secondary N) is 1. The fourth-order valence-corrected chi connectivity index (χ4v) is 3.49. The summed E-state index contributed by atoms with van der Waals surface area (Å²) in [5, 5.41) is 4.61. The average Bonchev–Trinajstić information content (AvgIpc) is 2.59. The molecule has 0 aromatic rings. The van der Waals surface area contributed by atoms with Gasteiger partial charge in [0.05, 0.1) is 0 Å². The minimum atomic E-state index is 0.716. The molecule has 2 heteroatoms. The largest absolute Gasteiger partial charge is 0.310 e. The summed E-state index contributed by atoms with van der Waals surface area (Å²) in [5.41, 5.74) is 0. The van der Waals surface area contributed by atoms with Crippen molar-refractivity contribution in [1.29, 1.82) is 0 Å². The summed E-state index contributed by atoms with van der Waals surface area (Å²) < 4.78 is 0. The van der Waals surface area contributed by atoms with Crippen LogP contribution in [0.25, 0.3) is 0 Å². The normalized spacial score (nSPS) is 28.2. The molecule has 0 saturated carbocycles. The van der Waals surface area contributed by atoms with E-state index in [0.717, 1.165) is 11.3 Å². The maximum Gasteiger partial charge on any atom is 0.0194 e. The Morgan fingerprint density at radius 3 is 2.73 bits per heavy atom. The van der Waals surface area contributed by atoms with Crippen LogP contribution in [-0.4, -0.2) is 23.1 Å². The van der Waals surface area contributed by atoms with Crippen molar-refractivity contribution in [3.05, 3.63) is 0 Å². The summed E-state index contributed by atoms with van der Waals surface area (Å²) in [6.45, 7) is 6.99. The SMILES string of the molecule is CCCCCCC(C)NC1CCSC1C. The molecule has 1 nitrogen and oxygen atoms in total. The molecule has 0 aromatic heterocycles. The Morgan fingerprint density at radius 2 is 2.13 bits per heavy atom. The maximum absolute atomic E-state index is 3.78. The van der Waals surface area contributed by atoms with E-state index in [4.69, 9.17) is 0 Å². The fourth-order valence-electron chi connectivity index (χ4n) is 2.28. The Labute approximate surface area is 99.8 Å². The lowest BCUT2D eigenvalue weighted by Crippen LogP contribution is -2.39. The molecule has 1 rings (SSSR count). The van der Waals surface area contributed by atoms with Crippen molar-refractivity contribution in [3.63, 3.8) is 0 Å². The second-order valence-electron chi connectivity index (χ2n) is 4.89. The molecule has 0 spiro atoms. The van der Waals surface area contributed by atoms with Gasteiger partial charge in [0.2, 0.25) is 0 Å². The molecule has 1 saturated heterocycles. The predicted octanol–water partition coefficient (Wildman–Crippen LogP) is 3.83. The van der Waals surface area contributed by atoms with Gasteiger partial charge in [-0.1, -0.05) is 39.5 Å². The van der Waals surface area contributed by atoms with Crippen LogP contribution in [-0.2, 0) is 0 Å². The van der Waals surface area contributed by atoms with Gasteiger partial charge in [-0.2, -0.15) is 11.8 Å². The molecule has 3 unspecified atom stereocenters. The van der Waals surface area contributed by atoms with Crippen LogP contribution in [0.5, 0.6) is 0 Å². The summed E-state index contributed by atoms with van der Waals surface area (Å²) in [7, 11) is 0. The number of hydrogen-bond acceptors (Lipinski definition) is 2. The molecule has 1 fully saturated rings. The van der Waals surface area contributed by atoms with Gasteiger partial charge in [-0.25, -0.2) is 0 Å².